The number of unbranched alkanes of at least 4 members (excludes halogenated alkanes) is 8. The molecule has 0 atom stereocenters. The van der Waals surface area contributed by atoms with Crippen molar-refractivity contribution in [2.75, 3.05) is 19.0 Å². The summed E-state index contributed by atoms with van der Waals surface area (Å²) in [6.45, 7) is 4.09. The SMILES string of the molecule is CCCCCCCCCCCc1nc(N(C)C)nc(C)c1O. The van der Waals surface area contributed by atoms with E-state index in [1.165, 1.54) is 51.4 Å². The molecule has 0 aliphatic carbocycles. The molecule has 4 nitrogen and oxygen atoms in total. The van der Waals surface area contributed by atoms with E-state index in [2.05, 4.69) is 16.9 Å². The van der Waals surface area contributed by atoms with Crippen LogP contribution >= 0.6 is 0 Å². The van der Waals surface area contributed by atoms with Crippen LogP contribution in [-0.4, -0.2) is 29.2 Å². The van der Waals surface area contributed by atoms with Crippen molar-refractivity contribution in [3.8, 4) is 5.75 Å². The lowest BCUT2D eigenvalue weighted by Gasteiger charge is -2.14. The lowest BCUT2D eigenvalue weighted by atomic mass is 10.1. The molecule has 0 bridgehead atoms. The summed E-state index contributed by atoms with van der Waals surface area (Å²) in [5, 5.41) is 10.1. The number of anilines is 1. The highest BCUT2D eigenvalue weighted by molar-refractivity contribution is 5.38. The summed E-state index contributed by atoms with van der Waals surface area (Å²) in [5.74, 6) is 0.950. The number of hydrogen-bond donors (Lipinski definition) is 1. The van der Waals surface area contributed by atoms with Crippen LogP contribution in [0.25, 0.3) is 0 Å². The molecule has 4 heteroatoms. The molecule has 0 unspecified atom stereocenters. The van der Waals surface area contributed by atoms with Crippen molar-refractivity contribution in [3.05, 3.63) is 11.4 Å². The first kappa shape index (κ1) is 18.7. The van der Waals surface area contributed by atoms with Gasteiger partial charge in [0.1, 0.15) is 0 Å². The zero-order valence-electron chi connectivity index (χ0n) is 14.9. The third-order valence-corrected chi connectivity index (χ3v) is 4.04. The van der Waals surface area contributed by atoms with E-state index >= 15 is 0 Å². The van der Waals surface area contributed by atoms with Gasteiger partial charge in [-0.1, -0.05) is 58.3 Å². The Balaban J connectivity index is 2.27. The maximum absolute atomic E-state index is 10.1. The molecule has 0 aromatic carbocycles. The lowest BCUT2D eigenvalue weighted by molar-refractivity contribution is 0.453. The Labute approximate surface area is 136 Å². The molecule has 0 saturated heterocycles. The van der Waals surface area contributed by atoms with Crippen molar-refractivity contribution in [3.63, 3.8) is 0 Å². The molecule has 0 amide bonds. The van der Waals surface area contributed by atoms with Crippen LogP contribution in [0.1, 0.15) is 76.1 Å². The Bertz CT molecular complexity index is 433. The minimum atomic E-state index is 0.269. The quantitative estimate of drug-likeness (QED) is 0.606. The van der Waals surface area contributed by atoms with Gasteiger partial charge in [-0.2, -0.15) is 0 Å². The number of nitrogens with zero attached hydrogens (tertiary/aromatic N) is 3. The maximum Gasteiger partial charge on any atom is 0.225 e. The number of rotatable bonds is 11. The van der Waals surface area contributed by atoms with E-state index in [0.29, 0.717) is 11.6 Å². The lowest BCUT2D eigenvalue weighted by Crippen LogP contribution is -2.14. The standard InChI is InChI=1S/C18H33N3O/c1-5-6-7-8-9-10-11-12-13-14-16-17(22)15(2)19-18(20-16)21(3)4/h22H,5-14H2,1-4H3. The molecule has 0 aliphatic heterocycles. The fourth-order valence-corrected chi connectivity index (χ4v) is 2.59. The molecule has 1 aromatic rings. The first-order chi connectivity index (χ1) is 10.6. The molecule has 0 spiro atoms. The van der Waals surface area contributed by atoms with Crippen molar-refractivity contribution in [1.29, 1.82) is 0 Å². The second kappa shape index (κ2) is 10.4. The van der Waals surface area contributed by atoms with Gasteiger partial charge in [0.05, 0.1) is 11.4 Å². The van der Waals surface area contributed by atoms with Gasteiger partial charge in [0.25, 0.3) is 0 Å². The van der Waals surface area contributed by atoms with E-state index in [-0.39, 0.29) is 5.75 Å². The molecule has 0 radical (unpaired) electrons. The molecule has 1 aromatic heterocycles. The van der Waals surface area contributed by atoms with Gasteiger partial charge in [0.15, 0.2) is 5.75 Å². The maximum atomic E-state index is 10.1. The summed E-state index contributed by atoms with van der Waals surface area (Å²) >= 11 is 0. The fraction of sp³-hybridized carbons (Fsp3) is 0.778. The smallest absolute Gasteiger partial charge is 0.225 e. The van der Waals surface area contributed by atoms with Crippen LogP contribution in [-0.2, 0) is 6.42 Å². The second-order valence-corrected chi connectivity index (χ2v) is 6.38. The fourth-order valence-electron chi connectivity index (χ4n) is 2.59. The zero-order chi connectivity index (χ0) is 16.4. The average molecular weight is 307 g/mol. The number of aryl methyl sites for hydroxylation is 2. The normalized spacial score (nSPS) is 10.9. The molecule has 0 saturated carbocycles. The van der Waals surface area contributed by atoms with Crippen LogP contribution in [0, 0.1) is 6.92 Å². The van der Waals surface area contributed by atoms with Crippen molar-refractivity contribution >= 4 is 5.95 Å². The first-order valence-corrected chi connectivity index (χ1v) is 8.80. The van der Waals surface area contributed by atoms with Crippen LogP contribution < -0.4 is 4.90 Å². The number of aromatic nitrogens is 2. The molecule has 0 fully saturated rings. The highest BCUT2D eigenvalue weighted by atomic mass is 16.3. The Morgan fingerprint density at radius 2 is 1.41 bits per heavy atom. The molecule has 0 aliphatic rings. The van der Waals surface area contributed by atoms with Crippen LogP contribution in [0.3, 0.4) is 0 Å². The van der Waals surface area contributed by atoms with Crippen molar-refractivity contribution < 1.29 is 5.11 Å². The summed E-state index contributed by atoms with van der Waals surface area (Å²) in [5.41, 5.74) is 1.46. The molecule has 1 N–H and O–H groups in total. The van der Waals surface area contributed by atoms with E-state index in [0.717, 1.165) is 18.5 Å². The van der Waals surface area contributed by atoms with E-state index in [4.69, 9.17) is 0 Å². The van der Waals surface area contributed by atoms with E-state index in [1.807, 2.05) is 25.9 Å². The monoisotopic (exact) mass is 307 g/mol. The summed E-state index contributed by atoms with van der Waals surface area (Å²) in [4.78, 5) is 10.6. The highest BCUT2D eigenvalue weighted by Crippen LogP contribution is 2.23. The second-order valence-electron chi connectivity index (χ2n) is 6.38. The van der Waals surface area contributed by atoms with Crippen LogP contribution in [0.5, 0.6) is 5.75 Å². The van der Waals surface area contributed by atoms with Crippen LogP contribution in [0.15, 0.2) is 0 Å². The van der Waals surface area contributed by atoms with Gasteiger partial charge in [-0.05, 0) is 19.8 Å². The Kier molecular flexibility index (Phi) is 8.86. The van der Waals surface area contributed by atoms with Gasteiger partial charge >= 0.3 is 0 Å². The summed E-state index contributed by atoms with van der Waals surface area (Å²) < 4.78 is 0. The highest BCUT2D eigenvalue weighted by Gasteiger charge is 2.11. The van der Waals surface area contributed by atoms with Crippen molar-refractivity contribution in [2.24, 2.45) is 0 Å². The van der Waals surface area contributed by atoms with Gasteiger partial charge in [-0.25, -0.2) is 9.97 Å². The zero-order valence-corrected chi connectivity index (χ0v) is 14.9. The number of aromatic hydroxyl groups is 1. The predicted octanol–water partition coefficient (Wildman–Crippen LogP) is 4.63. The Morgan fingerprint density at radius 1 is 0.864 bits per heavy atom. The van der Waals surface area contributed by atoms with E-state index in [9.17, 15) is 5.11 Å². The molecular formula is C18H33N3O. The summed E-state index contributed by atoms with van der Waals surface area (Å²) in [6, 6.07) is 0. The first-order valence-electron chi connectivity index (χ1n) is 8.80. The number of hydrogen-bond acceptors (Lipinski definition) is 4. The third-order valence-electron chi connectivity index (χ3n) is 4.04. The Morgan fingerprint density at radius 3 is 1.95 bits per heavy atom. The van der Waals surface area contributed by atoms with Gasteiger partial charge in [-0.3, -0.25) is 0 Å². The van der Waals surface area contributed by atoms with Gasteiger partial charge in [0, 0.05) is 14.1 Å². The van der Waals surface area contributed by atoms with E-state index in [1.54, 1.807) is 0 Å². The molecule has 1 rings (SSSR count). The summed E-state index contributed by atoms with van der Waals surface area (Å²) in [7, 11) is 3.85. The predicted molar refractivity (Wildman–Crippen MR) is 93.7 cm³/mol. The largest absolute Gasteiger partial charge is 0.504 e. The van der Waals surface area contributed by atoms with Crippen LogP contribution in [0.2, 0.25) is 0 Å². The molecule has 126 valence electrons. The van der Waals surface area contributed by atoms with Crippen molar-refractivity contribution in [1.82, 2.24) is 9.97 Å². The van der Waals surface area contributed by atoms with E-state index < -0.39 is 0 Å². The Hall–Kier alpha value is -1.32. The van der Waals surface area contributed by atoms with Gasteiger partial charge in [0.2, 0.25) is 5.95 Å². The minimum Gasteiger partial charge on any atom is -0.504 e. The van der Waals surface area contributed by atoms with Gasteiger partial charge in [-0.15, -0.1) is 0 Å². The van der Waals surface area contributed by atoms with Gasteiger partial charge < -0.3 is 10.0 Å². The molecule has 1 heterocycles. The molecular weight excluding hydrogens is 274 g/mol. The topological polar surface area (TPSA) is 49.2 Å². The minimum absolute atomic E-state index is 0.269. The average Bonchev–Trinajstić information content (AvgIpc) is 2.49. The van der Waals surface area contributed by atoms with Crippen molar-refractivity contribution in [2.45, 2.75) is 78.1 Å². The summed E-state index contributed by atoms with van der Waals surface area (Å²) in [6.07, 6.45) is 12.6. The van der Waals surface area contributed by atoms with Crippen LogP contribution in [0.4, 0.5) is 5.95 Å². The third kappa shape index (κ3) is 6.63. The molecule has 22 heavy (non-hydrogen) atoms.